The zero-order valence-corrected chi connectivity index (χ0v) is 21.4. The zero-order chi connectivity index (χ0) is 27.9. The number of hydrogen-bond donors (Lipinski definition) is 2. The lowest BCUT2D eigenvalue weighted by Gasteiger charge is -2.56. The molecule has 3 aliphatic rings. The summed E-state index contributed by atoms with van der Waals surface area (Å²) in [6, 6.07) is 9.14. The fourth-order valence-electron chi connectivity index (χ4n) is 5.63. The summed E-state index contributed by atoms with van der Waals surface area (Å²) in [5, 5.41) is 20.9. The van der Waals surface area contributed by atoms with Crippen LogP contribution in [0.3, 0.4) is 0 Å². The van der Waals surface area contributed by atoms with Crippen LogP contribution >= 0.6 is 0 Å². The average Bonchev–Trinajstić information content (AvgIpc) is 3.48. The van der Waals surface area contributed by atoms with E-state index in [2.05, 4.69) is 25.5 Å². The fraction of sp³-hybridized carbons (Fsp3) is 0.407. The average molecular weight is 555 g/mol. The van der Waals surface area contributed by atoms with Crippen molar-refractivity contribution in [3.63, 3.8) is 0 Å². The first-order chi connectivity index (χ1) is 19.0. The van der Waals surface area contributed by atoms with Gasteiger partial charge in [0, 0.05) is 42.1 Å². The largest absolute Gasteiger partial charge is 0.417 e. The Balaban J connectivity index is 1.08. The van der Waals surface area contributed by atoms with Crippen LogP contribution in [0.15, 0.2) is 47.2 Å². The van der Waals surface area contributed by atoms with Gasteiger partial charge in [0.25, 0.3) is 5.91 Å². The predicted octanol–water partition coefficient (Wildman–Crippen LogP) is 3.95. The van der Waals surface area contributed by atoms with Gasteiger partial charge in [-0.05, 0) is 43.5 Å². The molecular weight excluding hydrogens is 529 g/mol. The Labute approximate surface area is 225 Å². The van der Waals surface area contributed by atoms with Crippen molar-refractivity contribution >= 4 is 22.8 Å². The van der Waals surface area contributed by atoms with Gasteiger partial charge >= 0.3 is 6.18 Å². The molecule has 10 nitrogen and oxygen atoms in total. The molecule has 40 heavy (non-hydrogen) atoms. The highest BCUT2D eigenvalue weighted by molar-refractivity contribution is 6.09. The van der Waals surface area contributed by atoms with Crippen molar-refractivity contribution in [2.75, 3.05) is 36.5 Å². The molecule has 2 N–H and O–H groups in total. The molecular formula is C27H25F3N6O4. The van der Waals surface area contributed by atoms with Crippen LogP contribution in [0.4, 0.5) is 24.5 Å². The molecule has 5 heterocycles. The second-order valence-electron chi connectivity index (χ2n) is 11.2. The third-order valence-electron chi connectivity index (χ3n) is 8.21. The number of carbonyl (C=O) groups excluding carboxylic acids is 1. The van der Waals surface area contributed by atoms with Gasteiger partial charge < -0.3 is 24.6 Å². The van der Waals surface area contributed by atoms with Crippen LogP contribution in [0.1, 0.15) is 40.6 Å². The van der Waals surface area contributed by atoms with Gasteiger partial charge in [0.05, 0.1) is 35.9 Å². The Morgan fingerprint density at radius 2 is 1.95 bits per heavy atom. The maximum Gasteiger partial charge on any atom is 0.417 e. The van der Waals surface area contributed by atoms with Crippen LogP contribution in [0.25, 0.3) is 16.9 Å². The van der Waals surface area contributed by atoms with E-state index in [0.717, 1.165) is 37.6 Å². The molecule has 0 bridgehead atoms. The van der Waals surface area contributed by atoms with E-state index < -0.39 is 30.5 Å². The molecule has 0 atom stereocenters. The summed E-state index contributed by atoms with van der Waals surface area (Å²) in [7, 11) is 0. The number of aryl methyl sites for hydroxylation is 1. The molecule has 1 aliphatic carbocycles. The summed E-state index contributed by atoms with van der Waals surface area (Å²) in [4.78, 5) is 19.9. The highest BCUT2D eigenvalue weighted by Gasteiger charge is 2.62. The molecule has 1 amide bonds. The molecule has 2 saturated heterocycles. The first-order valence-electron chi connectivity index (χ1n) is 12.9. The molecule has 3 aromatic heterocycles. The van der Waals surface area contributed by atoms with E-state index in [9.17, 15) is 23.1 Å². The number of nitrogens with one attached hydrogen (secondary N) is 1. The normalized spacial score (nSPS) is 23.5. The zero-order valence-electron chi connectivity index (χ0n) is 21.4. The summed E-state index contributed by atoms with van der Waals surface area (Å²) < 4.78 is 51.1. The van der Waals surface area contributed by atoms with Gasteiger partial charge in [-0.1, -0.05) is 17.3 Å². The van der Waals surface area contributed by atoms with Crippen LogP contribution in [-0.2, 0) is 4.74 Å². The Kier molecular flexibility index (Phi) is 5.33. The summed E-state index contributed by atoms with van der Waals surface area (Å²) >= 11 is 0. The highest BCUT2D eigenvalue weighted by atomic mass is 19.4. The molecule has 1 spiro atoms. The number of ether oxygens (including phenoxy) is 1. The number of fused-ring (bicyclic) bond motifs is 1. The van der Waals surface area contributed by atoms with Gasteiger partial charge in [0.1, 0.15) is 0 Å². The topological polar surface area (TPSA) is 118 Å². The standard InChI is InChI=1S/C27H25F3N6O4/c1-15-2-3-16(22-33-24(40-34-22)17-8-26(38,9-17)27(28,29)30)6-20(15)32-23(37)19-10-31-36-5-4-18(7-21(19)36)35-11-25(12-35)13-39-14-25/h2-7,10,17,38H,8-9,11-14H2,1H3,(H,32,37). The number of hydrogen-bond acceptors (Lipinski definition) is 8. The van der Waals surface area contributed by atoms with Crippen LogP contribution in [0.5, 0.6) is 0 Å². The molecule has 1 aromatic carbocycles. The van der Waals surface area contributed by atoms with Crippen molar-refractivity contribution in [2.45, 2.75) is 37.5 Å². The second kappa shape index (κ2) is 8.51. The van der Waals surface area contributed by atoms with Crippen molar-refractivity contribution in [1.29, 1.82) is 0 Å². The number of anilines is 2. The van der Waals surface area contributed by atoms with E-state index >= 15 is 0 Å². The smallest absolute Gasteiger partial charge is 0.380 e. The molecule has 0 unspecified atom stereocenters. The van der Waals surface area contributed by atoms with Crippen molar-refractivity contribution in [1.82, 2.24) is 19.8 Å². The van der Waals surface area contributed by atoms with Gasteiger partial charge in [0.15, 0.2) is 5.60 Å². The molecule has 3 fully saturated rings. The molecule has 4 aromatic rings. The maximum absolute atomic E-state index is 13.3. The SMILES string of the molecule is Cc1ccc(-c2noc(C3CC(O)(C(F)(F)F)C3)n2)cc1NC(=O)c1cnn2ccc(N3CC4(COC4)C3)cc12. The summed E-state index contributed by atoms with van der Waals surface area (Å²) in [6.07, 6.45) is -2.40. The molecule has 7 rings (SSSR count). The van der Waals surface area contributed by atoms with Crippen LogP contribution in [0, 0.1) is 12.3 Å². The summed E-state index contributed by atoms with van der Waals surface area (Å²) in [5.74, 6) is -0.801. The van der Waals surface area contributed by atoms with E-state index in [-0.39, 0.29) is 23.0 Å². The van der Waals surface area contributed by atoms with E-state index in [1.807, 2.05) is 25.3 Å². The number of rotatable bonds is 5. The highest BCUT2D eigenvalue weighted by Crippen LogP contribution is 2.52. The number of halogens is 3. The van der Waals surface area contributed by atoms with Crippen molar-refractivity contribution in [2.24, 2.45) is 5.41 Å². The molecule has 1 saturated carbocycles. The van der Waals surface area contributed by atoms with E-state index in [4.69, 9.17) is 9.26 Å². The summed E-state index contributed by atoms with van der Waals surface area (Å²) in [5.41, 5.74) is 1.49. The van der Waals surface area contributed by atoms with Crippen LogP contribution < -0.4 is 10.2 Å². The quantitative estimate of drug-likeness (QED) is 0.381. The van der Waals surface area contributed by atoms with Gasteiger partial charge in [-0.25, -0.2) is 4.52 Å². The molecule has 2 aliphatic heterocycles. The van der Waals surface area contributed by atoms with Crippen LogP contribution in [-0.4, -0.2) is 68.8 Å². The number of aliphatic hydroxyl groups is 1. The van der Waals surface area contributed by atoms with E-state index in [1.54, 1.807) is 22.7 Å². The van der Waals surface area contributed by atoms with Crippen LogP contribution in [0.2, 0.25) is 0 Å². The molecule has 208 valence electrons. The number of nitrogens with zero attached hydrogens (tertiary/aromatic N) is 5. The monoisotopic (exact) mass is 554 g/mol. The first-order valence-corrected chi connectivity index (χ1v) is 12.9. The van der Waals surface area contributed by atoms with Gasteiger partial charge in [-0.2, -0.15) is 23.3 Å². The third kappa shape index (κ3) is 3.94. The Bertz CT molecular complexity index is 1630. The Morgan fingerprint density at radius 3 is 2.65 bits per heavy atom. The fourth-order valence-corrected chi connectivity index (χ4v) is 5.63. The third-order valence-corrected chi connectivity index (χ3v) is 8.21. The number of alkyl halides is 3. The lowest BCUT2D eigenvalue weighted by Crippen LogP contribution is -2.66. The minimum absolute atomic E-state index is 0.0372. The molecule has 13 heteroatoms. The number of amides is 1. The predicted molar refractivity (Wildman–Crippen MR) is 136 cm³/mol. The van der Waals surface area contributed by atoms with Crippen molar-refractivity contribution < 1.29 is 32.3 Å². The summed E-state index contributed by atoms with van der Waals surface area (Å²) in [6.45, 7) is 5.26. The van der Waals surface area contributed by atoms with Gasteiger partial charge in [-0.15, -0.1) is 0 Å². The number of aromatic nitrogens is 4. The Hall–Kier alpha value is -3.97. The van der Waals surface area contributed by atoms with Gasteiger partial charge in [0.2, 0.25) is 11.7 Å². The maximum atomic E-state index is 13.3. The number of benzene rings is 1. The second-order valence-corrected chi connectivity index (χ2v) is 11.2. The first kappa shape index (κ1) is 25.0. The minimum Gasteiger partial charge on any atom is -0.380 e. The van der Waals surface area contributed by atoms with Crippen molar-refractivity contribution in [3.05, 3.63) is 59.7 Å². The lowest BCUT2D eigenvalue weighted by atomic mass is 9.70. The molecule has 0 radical (unpaired) electrons. The van der Waals surface area contributed by atoms with Crippen molar-refractivity contribution in [3.8, 4) is 11.4 Å². The van der Waals surface area contributed by atoms with Gasteiger partial charge in [-0.3, -0.25) is 4.79 Å². The minimum atomic E-state index is -4.71. The number of pyridine rings is 1. The lowest BCUT2D eigenvalue weighted by molar-refractivity contribution is -0.292. The number of carbonyl (C=O) groups is 1. The Morgan fingerprint density at radius 1 is 1.18 bits per heavy atom. The van der Waals surface area contributed by atoms with E-state index in [1.165, 1.54) is 6.20 Å². The van der Waals surface area contributed by atoms with E-state index in [0.29, 0.717) is 22.3 Å².